The molecule has 0 aliphatic heterocycles. The minimum absolute atomic E-state index is 0.0324. The number of carbonyl (C=O) groups excluding carboxylic acids is 2. The van der Waals surface area contributed by atoms with Crippen LogP contribution in [0.1, 0.15) is 57.1 Å². The number of aliphatic carboxylic acids is 1. The Morgan fingerprint density at radius 3 is 2.12 bits per heavy atom. The fourth-order valence-corrected chi connectivity index (χ4v) is 4.51. The Morgan fingerprint density at radius 1 is 1.00 bits per heavy atom. The molecule has 0 aromatic heterocycles. The second-order valence-electron chi connectivity index (χ2n) is 9.15. The molecule has 2 amide bonds. The van der Waals surface area contributed by atoms with E-state index in [0.717, 1.165) is 28.7 Å². The van der Waals surface area contributed by atoms with Gasteiger partial charge in [-0.1, -0.05) is 75.7 Å². The molecule has 0 bridgehead atoms. The van der Waals surface area contributed by atoms with Gasteiger partial charge in [-0.05, 0) is 34.6 Å². The summed E-state index contributed by atoms with van der Waals surface area (Å²) in [6.07, 6.45) is 0.913. The van der Waals surface area contributed by atoms with E-state index in [9.17, 15) is 19.5 Å². The second-order valence-corrected chi connectivity index (χ2v) is 9.15. The van der Waals surface area contributed by atoms with Crippen LogP contribution in [-0.4, -0.2) is 42.3 Å². The van der Waals surface area contributed by atoms with Gasteiger partial charge in [0, 0.05) is 24.9 Å². The van der Waals surface area contributed by atoms with Gasteiger partial charge in [0.2, 0.25) is 5.91 Å². The number of carboxylic acids is 1. The van der Waals surface area contributed by atoms with Crippen molar-refractivity contribution in [2.24, 2.45) is 11.8 Å². The van der Waals surface area contributed by atoms with Crippen LogP contribution in [0.3, 0.4) is 0 Å². The SMILES string of the molecule is CCCC(CC(=O)NCC(C(=O)O)C(C)C)NC(=O)OCC1c2ccccc2-c2ccccc21. The molecule has 7 heteroatoms. The van der Waals surface area contributed by atoms with Gasteiger partial charge in [0.25, 0.3) is 0 Å². The van der Waals surface area contributed by atoms with Crippen molar-refractivity contribution in [3.8, 4) is 11.1 Å². The van der Waals surface area contributed by atoms with Crippen LogP contribution >= 0.6 is 0 Å². The molecule has 7 nitrogen and oxygen atoms in total. The fraction of sp³-hybridized carbons (Fsp3) is 0.444. The third kappa shape index (κ3) is 6.16. The molecule has 0 saturated carbocycles. The molecular weight excluding hydrogens is 432 g/mol. The molecule has 1 aliphatic carbocycles. The van der Waals surface area contributed by atoms with Crippen molar-refractivity contribution in [2.45, 2.75) is 52.0 Å². The summed E-state index contributed by atoms with van der Waals surface area (Å²) in [4.78, 5) is 36.3. The number of hydrogen-bond acceptors (Lipinski definition) is 4. The molecular formula is C27H34N2O5. The van der Waals surface area contributed by atoms with Crippen molar-refractivity contribution in [1.82, 2.24) is 10.6 Å². The quantitative estimate of drug-likeness (QED) is 0.450. The number of carboxylic acid groups (broad SMARTS) is 1. The maximum absolute atomic E-state index is 12.6. The number of nitrogens with one attached hydrogen (secondary N) is 2. The van der Waals surface area contributed by atoms with Gasteiger partial charge in [-0.15, -0.1) is 0 Å². The first-order valence-electron chi connectivity index (χ1n) is 11.9. The molecule has 0 fully saturated rings. The predicted molar refractivity (Wildman–Crippen MR) is 130 cm³/mol. The van der Waals surface area contributed by atoms with Gasteiger partial charge >= 0.3 is 12.1 Å². The van der Waals surface area contributed by atoms with Gasteiger partial charge in [-0.2, -0.15) is 0 Å². The van der Waals surface area contributed by atoms with Crippen LogP contribution in [0.25, 0.3) is 11.1 Å². The van der Waals surface area contributed by atoms with Gasteiger partial charge in [0.1, 0.15) is 6.61 Å². The molecule has 2 unspecified atom stereocenters. The van der Waals surface area contributed by atoms with Crippen LogP contribution in [0.15, 0.2) is 48.5 Å². The number of benzene rings is 2. The zero-order chi connectivity index (χ0) is 24.7. The summed E-state index contributed by atoms with van der Waals surface area (Å²) in [7, 11) is 0. The first-order valence-corrected chi connectivity index (χ1v) is 11.9. The zero-order valence-corrected chi connectivity index (χ0v) is 20.0. The van der Waals surface area contributed by atoms with Gasteiger partial charge in [0.05, 0.1) is 5.92 Å². The molecule has 2 atom stereocenters. The van der Waals surface area contributed by atoms with Crippen molar-refractivity contribution in [3.05, 3.63) is 59.7 Å². The van der Waals surface area contributed by atoms with Crippen molar-refractivity contribution in [3.63, 3.8) is 0 Å². The standard InChI is InChI=1S/C27H34N2O5/c1-4-9-18(14-25(30)28-15-23(17(2)3)26(31)32)29-27(33)34-16-24-21-12-7-5-10-19(21)20-11-6-8-13-22(20)24/h5-8,10-13,17-18,23-24H,4,9,14-16H2,1-3H3,(H,28,30)(H,29,33)(H,31,32). The highest BCUT2D eigenvalue weighted by molar-refractivity contribution is 5.80. The van der Waals surface area contributed by atoms with E-state index in [1.165, 1.54) is 0 Å². The normalized spacial score (nSPS) is 14.1. The number of carbonyl (C=O) groups is 3. The van der Waals surface area contributed by atoms with Crippen LogP contribution in [0.5, 0.6) is 0 Å². The highest BCUT2D eigenvalue weighted by atomic mass is 16.5. The fourth-order valence-electron chi connectivity index (χ4n) is 4.51. The number of rotatable bonds is 11. The lowest BCUT2D eigenvalue weighted by Crippen LogP contribution is -2.41. The molecule has 0 spiro atoms. The van der Waals surface area contributed by atoms with Crippen LogP contribution in [0.2, 0.25) is 0 Å². The van der Waals surface area contributed by atoms with E-state index < -0.39 is 18.0 Å². The summed E-state index contributed by atoms with van der Waals surface area (Å²) in [6.45, 7) is 5.87. The molecule has 0 heterocycles. The van der Waals surface area contributed by atoms with Crippen molar-refractivity contribution in [1.29, 1.82) is 0 Å². The van der Waals surface area contributed by atoms with E-state index in [0.29, 0.717) is 6.42 Å². The first-order chi connectivity index (χ1) is 16.3. The Labute approximate surface area is 200 Å². The van der Waals surface area contributed by atoms with Crippen LogP contribution < -0.4 is 10.6 Å². The summed E-state index contributed by atoms with van der Waals surface area (Å²) in [5.74, 6) is -2.00. The molecule has 0 radical (unpaired) electrons. The average Bonchev–Trinajstić information content (AvgIpc) is 3.11. The number of amides is 2. The molecule has 182 valence electrons. The van der Waals surface area contributed by atoms with Crippen molar-refractivity contribution in [2.75, 3.05) is 13.2 Å². The lowest BCUT2D eigenvalue weighted by molar-refractivity contribution is -0.143. The molecule has 0 saturated heterocycles. The molecule has 1 aliphatic rings. The lowest BCUT2D eigenvalue weighted by Gasteiger charge is -2.21. The predicted octanol–water partition coefficient (Wildman–Crippen LogP) is 4.56. The Morgan fingerprint density at radius 2 is 1.59 bits per heavy atom. The number of hydrogen-bond donors (Lipinski definition) is 3. The Kier molecular flexibility index (Phi) is 8.68. The van der Waals surface area contributed by atoms with Crippen molar-refractivity contribution < 1.29 is 24.2 Å². The number of ether oxygens (including phenoxy) is 1. The monoisotopic (exact) mass is 466 g/mol. The summed E-state index contributed by atoms with van der Waals surface area (Å²) in [6, 6.07) is 15.9. The largest absolute Gasteiger partial charge is 0.481 e. The Hall–Kier alpha value is -3.35. The topological polar surface area (TPSA) is 105 Å². The first kappa shape index (κ1) is 25.3. The summed E-state index contributed by atoms with van der Waals surface area (Å²) in [5, 5.41) is 14.8. The van der Waals surface area contributed by atoms with Gasteiger partial charge in [-0.3, -0.25) is 9.59 Å². The Balaban J connectivity index is 1.55. The van der Waals surface area contributed by atoms with E-state index in [1.807, 2.05) is 45.0 Å². The van der Waals surface area contributed by atoms with Crippen molar-refractivity contribution >= 4 is 18.0 Å². The summed E-state index contributed by atoms with van der Waals surface area (Å²) < 4.78 is 5.60. The summed E-state index contributed by atoms with van der Waals surface area (Å²) >= 11 is 0. The van der Waals surface area contributed by atoms with Gasteiger partial charge in [-0.25, -0.2) is 4.79 Å². The molecule has 2 aromatic rings. The maximum atomic E-state index is 12.6. The number of fused-ring (bicyclic) bond motifs is 3. The highest BCUT2D eigenvalue weighted by Crippen LogP contribution is 2.44. The number of alkyl carbamates (subject to hydrolysis) is 1. The summed E-state index contributed by atoms with van der Waals surface area (Å²) in [5.41, 5.74) is 4.60. The van der Waals surface area contributed by atoms with Crippen LogP contribution in [0, 0.1) is 11.8 Å². The Bertz CT molecular complexity index is 974. The van der Waals surface area contributed by atoms with E-state index in [4.69, 9.17) is 4.74 Å². The minimum Gasteiger partial charge on any atom is -0.481 e. The minimum atomic E-state index is -0.933. The molecule has 2 aromatic carbocycles. The third-order valence-corrected chi connectivity index (χ3v) is 6.38. The molecule has 3 N–H and O–H groups in total. The van der Waals surface area contributed by atoms with Crippen LogP contribution in [0.4, 0.5) is 4.79 Å². The molecule has 3 rings (SSSR count). The van der Waals surface area contributed by atoms with E-state index in [1.54, 1.807) is 0 Å². The van der Waals surface area contributed by atoms with Gasteiger partial charge < -0.3 is 20.5 Å². The van der Waals surface area contributed by atoms with E-state index in [2.05, 4.69) is 34.9 Å². The average molecular weight is 467 g/mol. The lowest BCUT2D eigenvalue weighted by atomic mass is 9.96. The van der Waals surface area contributed by atoms with Crippen LogP contribution in [-0.2, 0) is 14.3 Å². The highest BCUT2D eigenvalue weighted by Gasteiger charge is 2.29. The van der Waals surface area contributed by atoms with E-state index in [-0.39, 0.29) is 43.4 Å². The van der Waals surface area contributed by atoms with E-state index >= 15 is 0 Å². The zero-order valence-electron chi connectivity index (χ0n) is 20.0. The second kappa shape index (κ2) is 11.7. The van der Waals surface area contributed by atoms with Gasteiger partial charge in [0.15, 0.2) is 0 Å². The third-order valence-electron chi connectivity index (χ3n) is 6.38. The maximum Gasteiger partial charge on any atom is 0.407 e. The molecule has 34 heavy (non-hydrogen) atoms. The smallest absolute Gasteiger partial charge is 0.407 e.